The molecule has 0 aliphatic heterocycles. The van der Waals surface area contributed by atoms with E-state index in [0.717, 1.165) is 5.56 Å². The second-order valence-electron chi connectivity index (χ2n) is 8.62. The minimum absolute atomic E-state index is 0.0888. The number of hydrogen-bond acceptors (Lipinski definition) is 11. The summed E-state index contributed by atoms with van der Waals surface area (Å²) >= 11 is 6.16. The van der Waals surface area contributed by atoms with Gasteiger partial charge in [-0.1, -0.05) is 17.7 Å². The molecule has 2 amide bonds. The van der Waals surface area contributed by atoms with E-state index in [-0.39, 0.29) is 29.1 Å². The summed E-state index contributed by atoms with van der Waals surface area (Å²) < 4.78 is 21.6. The lowest BCUT2D eigenvalue weighted by Crippen LogP contribution is -2.19. The number of hydrogen-bond donors (Lipinski definition) is 3. The van der Waals surface area contributed by atoms with Crippen LogP contribution in [0.1, 0.15) is 21.6 Å². The second-order valence-corrected chi connectivity index (χ2v) is 9.01. The molecule has 4 N–H and O–H groups in total. The minimum Gasteiger partial charge on any atom is -0.494 e. The molecular weight excluding hydrogens is 566 g/mol. The summed E-state index contributed by atoms with van der Waals surface area (Å²) in [5.74, 6) is 1.08. The molecule has 3 heterocycles. The quantitative estimate of drug-likeness (QED) is 0.160. The largest absolute Gasteiger partial charge is 0.494 e. The van der Waals surface area contributed by atoms with Gasteiger partial charge in [-0.2, -0.15) is 0 Å². The third-order valence-electron chi connectivity index (χ3n) is 5.84. The number of amides is 2. The number of halogens is 1. The summed E-state index contributed by atoms with van der Waals surface area (Å²) in [5.41, 5.74) is 8.32. The van der Waals surface area contributed by atoms with E-state index in [1.807, 2.05) is 12.1 Å². The van der Waals surface area contributed by atoms with Crippen LogP contribution < -0.4 is 30.6 Å². The molecule has 0 aliphatic rings. The van der Waals surface area contributed by atoms with Crippen LogP contribution in [-0.4, -0.2) is 59.8 Å². The van der Waals surface area contributed by atoms with Gasteiger partial charge in [0.2, 0.25) is 5.88 Å². The number of rotatable bonds is 12. The van der Waals surface area contributed by atoms with Gasteiger partial charge in [-0.15, -0.1) is 0 Å². The smallest absolute Gasteiger partial charge is 0.411 e. The molecule has 0 fully saturated rings. The molecule has 3 aromatic heterocycles. The highest BCUT2D eigenvalue weighted by molar-refractivity contribution is 6.29. The van der Waals surface area contributed by atoms with Gasteiger partial charge < -0.3 is 35.3 Å². The van der Waals surface area contributed by atoms with Crippen LogP contribution in [0, 0.1) is 0 Å². The first kappa shape index (κ1) is 30.0. The first-order valence-electron chi connectivity index (χ1n) is 12.5. The van der Waals surface area contributed by atoms with E-state index in [1.54, 1.807) is 30.6 Å². The molecule has 13 nitrogen and oxygen atoms in total. The Balaban J connectivity index is 1.64. The van der Waals surface area contributed by atoms with Crippen molar-refractivity contribution in [3.05, 3.63) is 77.0 Å². The van der Waals surface area contributed by atoms with E-state index in [0.29, 0.717) is 53.0 Å². The molecule has 4 rings (SSSR count). The maximum atomic E-state index is 12.5. The zero-order chi connectivity index (χ0) is 30.1. The van der Waals surface area contributed by atoms with Gasteiger partial charge in [0.05, 0.1) is 68.0 Å². The Bertz CT molecular complexity index is 1570. The number of carbonyl (C=O) groups is 2. The molecule has 0 aliphatic carbocycles. The number of nitrogens with two attached hydrogens (primary N) is 1. The summed E-state index contributed by atoms with van der Waals surface area (Å²) in [7, 11) is 4.58. The average Bonchev–Trinajstić information content (AvgIpc) is 2.99. The van der Waals surface area contributed by atoms with Crippen LogP contribution in [-0.2, 0) is 17.8 Å². The van der Waals surface area contributed by atoms with Gasteiger partial charge >= 0.3 is 6.09 Å². The highest BCUT2D eigenvalue weighted by atomic mass is 35.5. The van der Waals surface area contributed by atoms with Gasteiger partial charge in [-0.3, -0.25) is 4.79 Å². The molecule has 0 unspecified atom stereocenters. The number of aromatic nitrogens is 4. The van der Waals surface area contributed by atoms with Crippen molar-refractivity contribution in [1.29, 1.82) is 0 Å². The SMILES string of the molecule is CNC(=O)c1cnc(Cl)cc1Nc1cc(CCOCc2cccc(OC(N)=O)n2)cc(-c2ncc(OC)cn2)c1OC. The maximum Gasteiger partial charge on any atom is 0.411 e. The highest BCUT2D eigenvalue weighted by Gasteiger charge is 2.19. The number of primary amides is 1. The van der Waals surface area contributed by atoms with Crippen LogP contribution in [0.2, 0.25) is 5.15 Å². The molecule has 0 saturated carbocycles. The van der Waals surface area contributed by atoms with Crippen molar-refractivity contribution in [1.82, 2.24) is 25.3 Å². The topological polar surface area (TPSA) is 173 Å². The van der Waals surface area contributed by atoms with Crippen molar-refractivity contribution >= 4 is 35.0 Å². The summed E-state index contributed by atoms with van der Waals surface area (Å²) in [6, 6.07) is 10.3. The molecule has 4 aromatic rings. The predicted octanol–water partition coefficient (Wildman–Crippen LogP) is 3.92. The van der Waals surface area contributed by atoms with Gasteiger partial charge in [0.1, 0.15) is 5.15 Å². The monoisotopic (exact) mass is 593 g/mol. The van der Waals surface area contributed by atoms with E-state index in [1.165, 1.54) is 33.5 Å². The summed E-state index contributed by atoms with van der Waals surface area (Å²) in [6.07, 6.45) is 4.04. The summed E-state index contributed by atoms with van der Waals surface area (Å²) in [5, 5.41) is 6.06. The predicted molar refractivity (Wildman–Crippen MR) is 154 cm³/mol. The van der Waals surface area contributed by atoms with Crippen molar-refractivity contribution in [2.24, 2.45) is 5.73 Å². The van der Waals surface area contributed by atoms with Crippen LogP contribution in [0.3, 0.4) is 0 Å². The molecule has 0 spiro atoms. The van der Waals surface area contributed by atoms with Gasteiger partial charge in [-0.05, 0) is 36.2 Å². The van der Waals surface area contributed by atoms with Crippen molar-refractivity contribution < 1.29 is 28.5 Å². The fourth-order valence-corrected chi connectivity index (χ4v) is 4.09. The van der Waals surface area contributed by atoms with Gasteiger partial charge in [-0.25, -0.2) is 24.7 Å². The van der Waals surface area contributed by atoms with Crippen molar-refractivity contribution in [3.8, 4) is 28.8 Å². The van der Waals surface area contributed by atoms with Gasteiger partial charge in [0.25, 0.3) is 5.91 Å². The minimum atomic E-state index is -0.947. The Morgan fingerprint density at radius 3 is 2.48 bits per heavy atom. The molecule has 0 atom stereocenters. The first-order valence-corrected chi connectivity index (χ1v) is 12.9. The molecule has 0 saturated heterocycles. The van der Waals surface area contributed by atoms with E-state index in [4.69, 9.17) is 36.3 Å². The molecule has 1 aromatic carbocycles. The molecule has 0 bridgehead atoms. The molecule has 218 valence electrons. The number of ether oxygens (including phenoxy) is 4. The Hall–Kier alpha value is -5.01. The zero-order valence-electron chi connectivity index (χ0n) is 23.0. The normalized spacial score (nSPS) is 10.6. The Morgan fingerprint density at radius 2 is 1.79 bits per heavy atom. The van der Waals surface area contributed by atoms with Crippen LogP contribution in [0.4, 0.5) is 16.2 Å². The average molecular weight is 594 g/mol. The maximum absolute atomic E-state index is 12.5. The Morgan fingerprint density at radius 1 is 1.00 bits per heavy atom. The van der Waals surface area contributed by atoms with E-state index in [9.17, 15) is 9.59 Å². The molecule has 14 heteroatoms. The van der Waals surface area contributed by atoms with Crippen molar-refractivity contribution in [2.75, 3.05) is 33.2 Å². The second kappa shape index (κ2) is 14.1. The van der Waals surface area contributed by atoms with Crippen LogP contribution >= 0.6 is 11.6 Å². The lowest BCUT2D eigenvalue weighted by atomic mass is 10.0. The van der Waals surface area contributed by atoms with Crippen molar-refractivity contribution in [2.45, 2.75) is 13.0 Å². The Kier molecular flexibility index (Phi) is 10.0. The van der Waals surface area contributed by atoms with Crippen molar-refractivity contribution in [3.63, 3.8) is 0 Å². The number of nitrogens with one attached hydrogen (secondary N) is 2. The number of benzene rings is 1. The summed E-state index contributed by atoms with van der Waals surface area (Å²) in [4.78, 5) is 40.6. The number of pyridine rings is 2. The number of carbonyl (C=O) groups excluding carboxylic acids is 2. The molecular formula is C28H28ClN7O6. The van der Waals surface area contributed by atoms with Gasteiger partial charge in [0, 0.05) is 19.3 Å². The highest BCUT2D eigenvalue weighted by Crippen LogP contribution is 2.39. The number of nitrogens with zero attached hydrogens (tertiary/aromatic N) is 4. The Labute approximate surface area is 246 Å². The van der Waals surface area contributed by atoms with Gasteiger partial charge in [0.15, 0.2) is 17.3 Å². The zero-order valence-corrected chi connectivity index (χ0v) is 23.8. The standard InChI is InChI=1S/C28H28ClN7O6/c1-31-27(37)20-14-32-23(29)11-21(20)36-22-10-16(7-8-41-15-17-5-4-6-24(35-17)42-28(30)38)9-19(25(22)40-3)26-33-12-18(39-2)13-34-26/h4-6,9-14H,7-8,15H2,1-3H3,(H2,30,38)(H,31,37)(H,32,36). The van der Waals surface area contributed by atoms with E-state index < -0.39 is 6.09 Å². The van der Waals surface area contributed by atoms with E-state index >= 15 is 0 Å². The molecule has 42 heavy (non-hydrogen) atoms. The third-order valence-corrected chi connectivity index (χ3v) is 6.05. The summed E-state index contributed by atoms with van der Waals surface area (Å²) in [6.45, 7) is 0.499. The van der Waals surface area contributed by atoms with E-state index in [2.05, 4.69) is 30.6 Å². The fraction of sp³-hybridized carbons (Fsp3) is 0.214. The number of methoxy groups -OCH3 is 2. The lowest BCUT2D eigenvalue weighted by molar-refractivity contribution is 0.0963. The van der Waals surface area contributed by atoms with Crippen LogP contribution in [0.25, 0.3) is 11.4 Å². The first-order chi connectivity index (χ1) is 20.3. The lowest BCUT2D eigenvalue weighted by Gasteiger charge is -2.18. The number of anilines is 2. The molecule has 0 radical (unpaired) electrons. The van der Waals surface area contributed by atoms with Crippen LogP contribution in [0.15, 0.2) is 55.0 Å². The third kappa shape index (κ3) is 7.59. The fourth-order valence-electron chi connectivity index (χ4n) is 3.93. The van der Waals surface area contributed by atoms with Crippen LogP contribution in [0.5, 0.6) is 17.4 Å².